The predicted octanol–water partition coefficient (Wildman–Crippen LogP) is 2.68. The molecule has 0 spiro atoms. The molecule has 15 heavy (non-hydrogen) atoms. The first-order chi connectivity index (χ1) is 7.20. The number of aromatic amines is 1. The summed E-state index contributed by atoms with van der Waals surface area (Å²) >= 11 is 0. The van der Waals surface area contributed by atoms with Crippen molar-refractivity contribution >= 4 is 17.2 Å². The van der Waals surface area contributed by atoms with Gasteiger partial charge in [0.1, 0.15) is 12.1 Å². The molecule has 0 aliphatic rings. The summed E-state index contributed by atoms with van der Waals surface area (Å²) in [6.45, 7) is 1.85. The van der Waals surface area contributed by atoms with Crippen molar-refractivity contribution in [3.05, 3.63) is 35.8 Å². The lowest BCUT2D eigenvalue weighted by Gasteiger charge is -2.01. The normalized spacial score (nSPS) is 12.9. The first-order valence-electron chi connectivity index (χ1n) is 4.91. The highest BCUT2D eigenvalue weighted by molar-refractivity contribution is 5.83. The van der Waals surface area contributed by atoms with Crippen LogP contribution in [0.25, 0.3) is 10.9 Å². The minimum absolute atomic E-state index is 0.0349. The van der Waals surface area contributed by atoms with E-state index in [9.17, 15) is 9.18 Å². The maximum atomic E-state index is 13.0. The summed E-state index contributed by atoms with van der Waals surface area (Å²) in [6, 6.07) is 4.63. The minimum Gasteiger partial charge on any atom is -0.361 e. The largest absolute Gasteiger partial charge is 0.361 e. The fraction of sp³-hybridized carbons (Fsp3) is 0.250. The number of rotatable bonds is 3. The number of aldehydes is 1. The average molecular weight is 205 g/mol. The maximum absolute atomic E-state index is 13.0. The molecule has 2 nitrogen and oxygen atoms in total. The van der Waals surface area contributed by atoms with Gasteiger partial charge >= 0.3 is 0 Å². The monoisotopic (exact) mass is 205 g/mol. The molecule has 0 amide bonds. The molecule has 3 heteroatoms. The molecule has 1 unspecified atom stereocenters. The van der Waals surface area contributed by atoms with Gasteiger partial charge in [0.05, 0.1) is 0 Å². The molecule has 2 rings (SSSR count). The lowest BCUT2D eigenvalue weighted by atomic mass is 10.0. The van der Waals surface area contributed by atoms with Gasteiger partial charge in [-0.05, 0) is 30.2 Å². The van der Waals surface area contributed by atoms with E-state index in [4.69, 9.17) is 0 Å². The Bertz CT molecular complexity index is 489. The number of carbonyl (C=O) groups excluding carboxylic acids is 1. The van der Waals surface area contributed by atoms with Gasteiger partial charge in [-0.15, -0.1) is 0 Å². The molecule has 0 radical (unpaired) electrons. The van der Waals surface area contributed by atoms with Gasteiger partial charge in [-0.2, -0.15) is 0 Å². The smallest absolute Gasteiger partial charge is 0.123 e. The zero-order valence-electron chi connectivity index (χ0n) is 8.46. The topological polar surface area (TPSA) is 32.9 Å². The second-order valence-corrected chi connectivity index (χ2v) is 3.82. The van der Waals surface area contributed by atoms with E-state index in [0.29, 0.717) is 6.42 Å². The Kier molecular flexibility index (Phi) is 2.54. The number of hydrogen-bond acceptors (Lipinski definition) is 1. The molecule has 1 N–H and O–H groups in total. The molecule has 0 aliphatic carbocycles. The van der Waals surface area contributed by atoms with Crippen molar-refractivity contribution in [1.29, 1.82) is 0 Å². The molecule has 1 heterocycles. The number of benzene rings is 1. The zero-order chi connectivity index (χ0) is 10.8. The van der Waals surface area contributed by atoms with E-state index in [0.717, 1.165) is 22.8 Å². The van der Waals surface area contributed by atoms with Gasteiger partial charge in [-0.25, -0.2) is 4.39 Å². The fourth-order valence-electron chi connectivity index (χ4n) is 1.71. The van der Waals surface area contributed by atoms with Gasteiger partial charge in [-0.3, -0.25) is 0 Å². The van der Waals surface area contributed by atoms with Crippen LogP contribution in [0.3, 0.4) is 0 Å². The van der Waals surface area contributed by atoms with Crippen LogP contribution in [0.4, 0.5) is 4.39 Å². The Labute approximate surface area is 87.1 Å². The Morgan fingerprint density at radius 3 is 3.07 bits per heavy atom. The number of fused-ring (bicyclic) bond motifs is 1. The molecule has 1 aromatic carbocycles. The second kappa shape index (κ2) is 3.85. The van der Waals surface area contributed by atoms with Gasteiger partial charge < -0.3 is 9.78 Å². The Morgan fingerprint density at radius 2 is 2.33 bits per heavy atom. The van der Waals surface area contributed by atoms with Crippen molar-refractivity contribution in [1.82, 2.24) is 4.98 Å². The average Bonchev–Trinajstić information content (AvgIpc) is 2.61. The van der Waals surface area contributed by atoms with Crippen LogP contribution >= 0.6 is 0 Å². The van der Waals surface area contributed by atoms with E-state index in [1.165, 1.54) is 12.1 Å². The number of aromatic nitrogens is 1. The number of carbonyl (C=O) groups is 1. The van der Waals surface area contributed by atoms with Crippen molar-refractivity contribution in [2.24, 2.45) is 5.92 Å². The summed E-state index contributed by atoms with van der Waals surface area (Å²) in [5.74, 6) is -0.283. The second-order valence-electron chi connectivity index (χ2n) is 3.82. The summed E-state index contributed by atoms with van der Waals surface area (Å²) < 4.78 is 13.0. The third kappa shape index (κ3) is 1.91. The van der Waals surface area contributed by atoms with Crippen molar-refractivity contribution in [3.63, 3.8) is 0 Å². The first-order valence-corrected chi connectivity index (χ1v) is 4.91. The van der Waals surface area contributed by atoms with Crippen molar-refractivity contribution in [3.8, 4) is 0 Å². The highest BCUT2D eigenvalue weighted by Gasteiger charge is 2.08. The van der Waals surface area contributed by atoms with E-state index in [1.807, 2.05) is 13.1 Å². The van der Waals surface area contributed by atoms with Crippen LogP contribution < -0.4 is 0 Å². The molecular weight excluding hydrogens is 193 g/mol. The summed E-state index contributed by atoms with van der Waals surface area (Å²) in [4.78, 5) is 13.6. The third-order valence-corrected chi connectivity index (χ3v) is 2.50. The number of nitrogens with one attached hydrogen (secondary N) is 1. The van der Waals surface area contributed by atoms with E-state index < -0.39 is 0 Å². The van der Waals surface area contributed by atoms with E-state index >= 15 is 0 Å². The highest BCUT2D eigenvalue weighted by atomic mass is 19.1. The Hall–Kier alpha value is -1.64. The van der Waals surface area contributed by atoms with Gasteiger partial charge in [0.2, 0.25) is 0 Å². The van der Waals surface area contributed by atoms with Gasteiger partial charge in [0, 0.05) is 23.0 Å². The Morgan fingerprint density at radius 1 is 1.53 bits per heavy atom. The van der Waals surface area contributed by atoms with Crippen LogP contribution in [0.1, 0.15) is 12.5 Å². The molecule has 2 aromatic rings. The molecule has 0 aliphatic heterocycles. The molecule has 0 fully saturated rings. The van der Waals surface area contributed by atoms with Crippen LogP contribution in [0.5, 0.6) is 0 Å². The summed E-state index contributed by atoms with van der Waals surface area (Å²) in [5.41, 5.74) is 1.90. The van der Waals surface area contributed by atoms with Crippen LogP contribution in [0.15, 0.2) is 24.4 Å². The number of H-pyrrole nitrogens is 1. The standard InChI is InChI=1S/C12H12FNO/c1-8(7-15)4-9-6-14-12-3-2-10(13)5-11(9)12/h2-3,5-8,14H,4H2,1H3. The van der Waals surface area contributed by atoms with Crippen LogP contribution in [-0.2, 0) is 11.2 Å². The quantitative estimate of drug-likeness (QED) is 0.768. The molecule has 0 saturated carbocycles. The molecule has 0 saturated heterocycles. The number of halogens is 1. The van der Waals surface area contributed by atoms with Gasteiger partial charge in [0.15, 0.2) is 0 Å². The van der Waals surface area contributed by atoms with E-state index in [-0.39, 0.29) is 11.7 Å². The van der Waals surface area contributed by atoms with E-state index in [1.54, 1.807) is 6.07 Å². The highest BCUT2D eigenvalue weighted by Crippen LogP contribution is 2.21. The molecule has 1 atom stereocenters. The Balaban J connectivity index is 2.43. The predicted molar refractivity (Wildman–Crippen MR) is 57.2 cm³/mol. The van der Waals surface area contributed by atoms with Crippen LogP contribution in [0.2, 0.25) is 0 Å². The first kappa shape index (κ1) is 9.90. The summed E-state index contributed by atoms with van der Waals surface area (Å²) in [6.07, 6.45) is 3.40. The molecule has 1 aromatic heterocycles. The maximum Gasteiger partial charge on any atom is 0.123 e. The molecule has 78 valence electrons. The molecular formula is C12H12FNO. The lowest BCUT2D eigenvalue weighted by molar-refractivity contribution is -0.110. The van der Waals surface area contributed by atoms with Crippen LogP contribution in [0, 0.1) is 11.7 Å². The van der Waals surface area contributed by atoms with Crippen molar-refractivity contribution in [2.45, 2.75) is 13.3 Å². The summed E-state index contributed by atoms with van der Waals surface area (Å²) in [5, 5.41) is 0.865. The SMILES string of the molecule is CC(C=O)Cc1c[nH]c2ccc(F)cc12. The van der Waals surface area contributed by atoms with Crippen molar-refractivity contribution < 1.29 is 9.18 Å². The summed E-state index contributed by atoms with van der Waals surface area (Å²) in [7, 11) is 0. The van der Waals surface area contributed by atoms with Gasteiger partial charge in [0.25, 0.3) is 0 Å². The van der Waals surface area contributed by atoms with Crippen LogP contribution in [-0.4, -0.2) is 11.3 Å². The third-order valence-electron chi connectivity index (χ3n) is 2.50. The zero-order valence-corrected chi connectivity index (χ0v) is 8.46. The number of hydrogen-bond donors (Lipinski definition) is 1. The van der Waals surface area contributed by atoms with Gasteiger partial charge in [-0.1, -0.05) is 6.92 Å². The minimum atomic E-state index is -0.248. The fourth-order valence-corrected chi connectivity index (χ4v) is 1.71. The molecule has 0 bridgehead atoms. The van der Waals surface area contributed by atoms with E-state index in [2.05, 4.69) is 4.98 Å². The lowest BCUT2D eigenvalue weighted by Crippen LogP contribution is -1.99. The van der Waals surface area contributed by atoms with Crippen molar-refractivity contribution in [2.75, 3.05) is 0 Å².